The van der Waals surface area contributed by atoms with Crippen LogP contribution in [0.4, 0.5) is 0 Å². The lowest BCUT2D eigenvalue weighted by molar-refractivity contribution is -0.148. The van der Waals surface area contributed by atoms with E-state index < -0.39 is 6.04 Å². The zero-order valence-corrected chi connectivity index (χ0v) is 15.1. The number of aromatic nitrogens is 1. The number of amides is 3. The van der Waals surface area contributed by atoms with Gasteiger partial charge < -0.3 is 15.1 Å². The molecule has 1 aromatic heterocycles. The van der Waals surface area contributed by atoms with Crippen LogP contribution in [0.15, 0.2) is 30.3 Å². The monoisotopic (exact) mass is 370 g/mol. The molecule has 2 fully saturated rings. The molecule has 1 unspecified atom stereocenters. The lowest BCUT2D eigenvalue weighted by Crippen LogP contribution is -2.66. The SMILES string of the molecule is Cc1nc(-c2ccccc2)c(C(=O)N2CCN3C(=O)CNC(=O)C3C2)s1. The van der Waals surface area contributed by atoms with Gasteiger partial charge in [-0.3, -0.25) is 14.4 Å². The van der Waals surface area contributed by atoms with Gasteiger partial charge in [0.05, 0.1) is 23.8 Å². The fourth-order valence-electron chi connectivity index (χ4n) is 3.38. The molecule has 0 saturated carbocycles. The first-order valence-corrected chi connectivity index (χ1v) is 9.25. The molecule has 8 heteroatoms. The van der Waals surface area contributed by atoms with Crippen molar-refractivity contribution in [2.75, 3.05) is 26.2 Å². The molecular weight excluding hydrogens is 352 g/mol. The van der Waals surface area contributed by atoms with E-state index in [1.165, 1.54) is 11.3 Å². The molecular formula is C18H18N4O3S. The molecule has 2 aliphatic rings. The van der Waals surface area contributed by atoms with Crippen molar-refractivity contribution in [3.63, 3.8) is 0 Å². The number of hydrogen-bond donors (Lipinski definition) is 1. The molecule has 0 bridgehead atoms. The van der Waals surface area contributed by atoms with Crippen molar-refractivity contribution in [3.05, 3.63) is 40.2 Å². The van der Waals surface area contributed by atoms with Gasteiger partial charge >= 0.3 is 0 Å². The molecule has 0 radical (unpaired) electrons. The zero-order chi connectivity index (χ0) is 18.3. The third kappa shape index (κ3) is 2.86. The fraction of sp³-hybridized carbons (Fsp3) is 0.333. The number of fused-ring (bicyclic) bond motifs is 1. The molecule has 2 aliphatic heterocycles. The molecule has 2 saturated heterocycles. The Balaban J connectivity index is 1.61. The van der Waals surface area contributed by atoms with Crippen LogP contribution in [0.3, 0.4) is 0 Å². The molecule has 2 aromatic rings. The van der Waals surface area contributed by atoms with Gasteiger partial charge in [0.2, 0.25) is 11.8 Å². The fourth-order valence-corrected chi connectivity index (χ4v) is 4.29. The summed E-state index contributed by atoms with van der Waals surface area (Å²) in [7, 11) is 0. The average Bonchev–Trinajstić information content (AvgIpc) is 3.06. The second-order valence-corrected chi connectivity index (χ2v) is 7.55. The maximum absolute atomic E-state index is 13.1. The number of carbonyl (C=O) groups is 3. The van der Waals surface area contributed by atoms with E-state index in [2.05, 4.69) is 10.3 Å². The number of carbonyl (C=O) groups excluding carboxylic acids is 3. The van der Waals surface area contributed by atoms with Gasteiger partial charge in [-0.1, -0.05) is 30.3 Å². The molecule has 7 nitrogen and oxygen atoms in total. The number of benzene rings is 1. The van der Waals surface area contributed by atoms with Gasteiger partial charge in [0.1, 0.15) is 10.9 Å². The van der Waals surface area contributed by atoms with Crippen LogP contribution in [-0.4, -0.2) is 64.7 Å². The van der Waals surface area contributed by atoms with Crippen LogP contribution in [0.5, 0.6) is 0 Å². The highest BCUT2D eigenvalue weighted by Gasteiger charge is 2.40. The van der Waals surface area contributed by atoms with Crippen molar-refractivity contribution in [1.29, 1.82) is 0 Å². The summed E-state index contributed by atoms with van der Waals surface area (Å²) < 4.78 is 0. The zero-order valence-electron chi connectivity index (χ0n) is 14.3. The summed E-state index contributed by atoms with van der Waals surface area (Å²) in [5.41, 5.74) is 1.56. The Morgan fingerprint density at radius 3 is 2.77 bits per heavy atom. The van der Waals surface area contributed by atoms with Gasteiger partial charge in [0.25, 0.3) is 5.91 Å². The minimum atomic E-state index is -0.608. The van der Waals surface area contributed by atoms with Crippen molar-refractivity contribution in [2.45, 2.75) is 13.0 Å². The van der Waals surface area contributed by atoms with E-state index in [4.69, 9.17) is 0 Å². The Morgan fingerprint density at radius 2 is 2.00 bits per heavy atom. The summed E-state index contributed by atoms with van der Waals surface area (Å²) in [6, 6.07) is 8.99. The van der Waals surface area contributed by atoms with E-state index in [9.17, 15) is 14.4 Å². The lowest BCUT2D eigenvalue weighted by atomic mass is 10.1. The highest BCUT2D eigenvalue weighted by atomic mass is 32.1. The third-order valence-corrected chi connectivity index (χ3v) is 5.64. The first-order chi connectivity index (χ1) is 12.5. The molecule has 1 aromatic carbocycles. The van der Waals surface area contributed by atoms with Crippen molar-refractivity contribution in [1.82, 2.24) is 20.1 Å². The van der Waals surface area contributed by atoms with Crippen LogP contribution < -0.4 is 5.32 Å². The summed E-state index contributed by atoms with van der Waals surface area (Å²) >= 11 is 1.36. The van der Waals surface area contributed by atoms with Crippen LogP contribution in [-0.2, 0) is 9.59 Å². The normalized spacial score (nSPS) is 20.0. The molecule has 134 valence electrons. The highest BCUT2D eigenvalue weighted by Crippen LogP contribution is 2.30. The Bertz CT molecular complexity index is 880. The summed E-state index contributed by atoms with van der Waals surface area (Å²) in [5.74, 6) is -0.439. The minimum Gasteiger partial charge on any atom is -0.345 e. The molecule has 1 N–H and O–H groups in total. The standard InChI is InChI=1S/C18H18N4O3S/c1-11-20-15(12-5-3-2-4-6-12)16(26-11)18(25)21-7-8-22-13(10-21)17(24)19-9-14(22)23/h2-6,13H,7-10H2,1H3,(H,19,24). The number of nitrogens with zero attached hydrogens (tertiary/aromatic N) is 3. The third-order valence-electron chi connectivity index (χ3n) is 4.68. The second kappa shape index (κ2) is 6.53. The molecule has 0 spiro atoms. The van der Waals surface area contributed by atoms with E-state index in [1.807, 2.05) is 37.3 Å². The van der Waals surface area contributed by atoms with E-state index >= 15 is 0 Å². The largest absolute Gasteiger partial charge is 0.345 e. The van der Waals surface area contributed by atoms with Gasteiger partial charge in [-0.2, -0.15) is 0 Å². The molecule has 3 heterocycles. The number of rotatable bonds is 2. The Morgan fingerprint density at radius 1 is 1.23 bits per heavy atom. The van der Waals surface area contributed by atoms with E-state index in [1.54, 1.807) is 9.80 Å². The predicted molar refractivity (Wildman–Crippen MR) is 96.7 cm³/mol. The van der Waals surface area contributed by atoms with Crippen molar-refractivity contribution < 1.29 is 14.4 Å². The topological polar surface area (TPSA) is 82.6 Å². The maximum Gasteiger partial charge on any atom is 0.266 e. The quantitative estimate of drug-likeness (QED) is 0.852. The molecule has 0 aliphatic carbocycles. The summed E-state index contributed by atoms with van der Waals surface area (Å²) in [6.45, 7) is 2.91. The number of nitrogens with one attached hydrogen (secondary N) is 1. The molecule has 1 atom stereocenters. The predicted octanol–water partition coefficient (Wildman–Crippen LogP) is 0.901. The van der Waals surface area contributed by atoms with Gasteiger partial charge in [0, 0.05) is 18.7 Å². The number of hydrogen-bond acceptors (Lipinski definition) is 5. The van der Waals surface area contributed by atoms with Gasteiger partial charge in [0.15, 0.2) is 0 Å². The van der Waals surface area contributed by atoms with Crippen LogP contribution in [0.25, 0.3) is 11.3 Å². The van der Waals surface area contributed by atoms with Gasteiger partial charge in [-0.25, -0.2) is 4.98 Å². The summed E-state index contributed by atoms with van der Waals surface area (Å²) in [6.07, 6.45) is 0. The van der Waals surface area contributed by atoms with Crippen molar-refractivity contribution in [2.24, 2.45) is 0 Å². The van der Waals surface area contributed by atoms with Crippen molar-refractivity contribution in [3.8, 4) is 11.3 Å². The second-order valence-electron chi connectivity index (χ2n) is 6.35. The first-order valence-electron chi connectivity index (χ1n) is 8.44. The van der Waals surface area contributed by atoms with Gasteiger partial charge in [-0.15, -0.1) is 11.3 Å². The number of piperazine rings is 2. The van der Waals surface area contributed by atoms with Crippen LogP contribution in [0.2, 0.25) is 0 Å². The lowest BCUT2D eigenvalue weighted by Gasteiger charge is -2.42. The Kier molecular flexibility index (Phi) is 4.20. The average molecular weight is 370 g/mol. The highest BCUT2D eigenvalue weighted by molar-refractivity contribution is 7.14. The number of aryl methyl sites for hydroxylation is 1. The van der Waals surface area contributed by atoms with E-state index in [0.29, 0.717) is 23.7 Å². The van der Waals surface area contributed by atoms with E-state index in [0.717, 1.165) is 10.6 Å². The van der Waals surface area contributed by atoms with Crippen LogP contribution >= 0.6 is 11.3 Å². The Hall–Kier alpha value is -2.74. The molecule has 3 amide bonds. The number of thiazole rings is 1. The Labute approximate surface area is 154 Å². The van der Waals surface area contributed by atoms with Crippen LogP contribution in [0.1, 0.15) is 14.7 Å². The first kappa shape index (κ1) is 16.7. The van der Waals surface area contributed by atoms with Gasteiger partial charge in [-0.05, 0) is 6.92 Å². The summed E-state index contributed by atoms with van der Waals surface area (Å²) in [5, 5.41) is 3.41. The minimum absolute atomic E-state index is 0.0372. The molecule has 26 heavy (non-hydrogen) atoms. The van der Waals surface area contributed by atoms with Crippen LogP contribution in [0, 0.1) is 6.92 Å². The summed E-state index contributed by atoms with van der Waals surface area (Å²) in [4.78, 5) is 45.5. The maximum atomic E-state index is 13.1. The van der Waals surface area contributed by atoms with E-state index in [-0.39, 0.29) is 30.8 Å². The molecule has 4 rings (SSSR count). The van der Waals surface area contributed by atoms with Crippen molar-refractivity contribution >= 4 is 29.1 Å². The smallest absolute Gasteiger partial charge is 0.266 e.